The number of anilines is 1. The minimum atomic E-state index is -3.85. The Labute approximate surface area is 126 Å². The first-order valence-electron chi connectivity index (χ1n) is 6.11. The Hall–Kier alpha value is -1.87. The van der Waals surface area contributed by atoms with Crippen molar-refractivity contribution in [1.29, 1.82) is 0 Å². The molecular formula is C12H15N3O4S2. The van der Waals surface area contributed by atoms with Gasteiger partial charge in [-0.15, -0.1) is 11.3 Å². The first-order valence-corrected chi connectivity index (χ1v) is 8.41. The van der Waals surface area contributed by atoms with Crippen LogP contribution in [-0.2, 0) is 10.0 Å². The molecule has 0 amide bonds. The molecule has 0 radical (unpaired) electrons. The second kappa shape index (κ2) is 5.49. The highest BCUT2D eigenvalue weighted by atomic mass is 32.2. The summed E-state index contributed by atoms with van der Waals surface area (Å²) in [6, 6.07) is 0.979. The lowest BCUT2D eigenvalue weighted by molar-refractivity contribution is 0.0683. The van der Waals surface area contributed by atoms with Crippen molar-refractivity contribution in [2.75, 3.05) is 4.72 Å². The monoisotopic (exact) mass is 329 g/mol. The third-order valence-corrected chi connectivity index (χ3v) is 5.02. The highest BCUT2D eigenvalue weighted by molar-refractivity contribution is 7.93. The highest BCUT2D eigenvalue weighted by Gasteiger charge is 2.23. The average Bonchev–Trinajstić information content (AvgIpc) is 2.95. The first kappa shape index (κ1) is 15.5. The largest absolute Gasteiger partial charge is 0.477 e. The molecule has 0 saturated carbocycles. The number of aryl methyl sites for hydroxylation is 1. The Bertz CT molecular complexity index is 774. The quantitative estimate of drug-likeness (QED) is 0.876. The molecule has 2 rings (SSSR count). The minimum Gasteiger partial charge on any atom is -0.477 e. The van der Waals surface area contributed by atoms with E-state index in [4.69, 9.17) is 5.11 Å². The lowest BCUT2D eigenvalue weighted by Gasteiger charge is -2.09. The number of carboxylic acids is 1. The van der Waals surface area contributed by atoms with Crippen LogP contribution in [0.2, 0.25) is 0 Å². The third-order valence-electron chi connectivity index (χ3n) is 2.75. The lowest BCUT2D eigenvalue weighted by atomic mass is 10.3. The van der Waals surface area contributed by atoms with Gasteiger partial charge in [0, 0.05) is 23.3 Å². The van der Waals surface area contributed by atoms with Crippen molar-refractivity contribution in [3.63, 3.8) is 0 Å². The zero-order valence-electron chi connectivity index (χ0n) is 11.7. The number of rotatable bonds is 5. The Morgan fingerprint density at radius 1 is 1.48 bits per heavy atom. The second-order valence-electron chi connectivity index (χ2n) is 4.75. The molecule has 0 aliphatic heterocycles. The van der Waals surface area contributed by atoms with Crippen molar-refractivity contribution >= 4 is 32.5 Å². The molecule has 0 spiro atoms. The SMILES string of the molecule is Cc1cnc(NS(=O)(=O)c2cc(C(=O)O)n(C(C)C)c2)s1. The van der Waals surface area contributed by atoms with Crippen LogP contribution < -0.4 is 4.72 Å². The van der Waals surface area contributed by atoms with Crippen LogP contribution in [0.15, 0.2) is 23.4 Å². The van der Waals surface area contributed by atoms with E-state index in [1.165, 1.54) is 22.1 Å². The van der Waals surface area contributed by atoms with Crippen molar-refractivity contribution in [2.24, 2.45) is 0 Å². The number of carboxylic acid groups (broad SMARTS) is 1. The first-order chi connectivity index (χ1) is 9.70. The number of hydrogen-bond acceptors (Lipinski definition) is 5. The second-order valence-corrected chi connectivity index (χ2v) is 7.67. The Balaban J connectivity index is 2.40. The van der Waals surface area contributed by atoms with Crippen LogP contribution in [0.5, 0.6) is 0 Å². The van der Waals surface area contributed by atoms with Gasteiger partial charge in [-0.3, -0.25) is 4.72 Å². The number of aromatic nitrogens is 2. The summed E-state index contributed by atoms with van der Waals surface area (Å²) in [6.07, 6.45) is 2.88. The molecule has 2 heterocycles. The van der Waals surface area contributed by atoms with Crippen LogP contribution in [0.4, 0.5) is 5.13 Å². The van der Waals surface area contributed by atoms with Gasteiger partial charge in [0.1, 0.15) is 10.6 Å². The van der Waals surface area contributed by atoms with Gasteiger partial charge in [-0.25, -0.2) is 18.2 Å². The molecule has 0 aromatic carbocycles. The minimum absolute atomic E-state index is 0.0688. The van der Waals surface area contributed by atoms with Crippen LogP contribution in [0.1, 0.15) is 35.3 Å². The van der Waals surface area contributed by atoms with E-state index in [1.54, 1.807) is 20.0 Å². The van der Waals surface area contributed by atoms with E-state index < -0.39 is 16.0 Å². The summed E-state index contributed by atoms with van der Waals surface area (Å²) in [5, 5.41) is 9.39. The van der Waals surface area contributed by atoms with Crippen molar-refractivity contribution in [2.45, 2.75) is 31.7 Å². The molecule has 2 N–H and O–H groups in total. The third kappa shape index (κ3) is 3.24. The molecule has 0 atom stereocenters. The van der Waals surface area contributed by atoms with Gasteiger partial charge in [0.05, 0.1) is 0 Å². The average molecular weight is 329 g/mol. The van der Waals surface area contributed by atoms with Gasteiger partial charge < -0.3 is 9.67 Å². The van der Waals surface area contributed by atoms with Crippen LogP contribution in [0.3, 0.4) is 0 Å². The predicted octanol–water partition coefficient (Wildman–Crippen LogP) is 2.33. The molecule has 0 saturated heterocycles. The number of sulfonamides is 1. The van der Waals surface area contributed by atoms with E-state index in [9.17, 15) is 13.2 Å². The van der Waals surface area contributed by atoms with E-state index in [0.29, 0.717) is 0 Å². The maximum absolute atomic E-state index is 12.3. The molecule has 0 aliphatic rings. The summed E-state index contributed by atoms with van der Waals surface area (Å²) in [4.78, 5) is 15.9. The maximum Gasteiger partial charge on any atom is 0.352 e. The van der Waals surface area contributed by atoms with Crippen LogP contribution in [0, 0.1) is 6.92 Å². The Morgan fingerprint density at radius 3 is 2.57 bits per heavy atom. The summed E-state index contributed by atoms with van der Waals surface area (Å²) in [5.74, 6) is -1.17. The number of thiazole rings is 1. The molecule has 2 aromatic rings. The molecule has 114 valence electrons. The summed E-state index contributed by atoms with van der Waals surface area (Å²) < 4.78 is 28.3. The molecule has 0 aliphatic carbocycles. The van der Waals surface area contributed by atoms with Gasteiger partial charge in [-0.2, -0.15) is 0 Å². The summed E-state index contributed by atoms with van der Waals surface area (Å²) >= 11 is 1.21. The van der Waals surface area contributed by atoms with Crippen LogP contribution in [-0.4, -0.2) is 29.0 Å². The standard InChI is InChI=1S/C12H15N3O4S2/c1-7(2)15-6-9(4-10(15)11(16)17)21(18,19)14-12-13-5-8(3)20-12/h4-7H,1-3H3,(H,13,14)(H,16,17). The molecule has 0 fully saturated rings. The van der Waals surface area contributed by atoms with E-state index >= 15 is 0 Å². The smallest absolute Gasteiger partial charge is 0.352 e. The zero-order chi connectivity index (χ0) is 15.8. The molecule has 2 aromatic heterocycles. The number of aromatic carboxylic acids is 1. The van der Waals surface area contributed by atoms with Gasteiger partial charge in [0.25, 0.3) is 10.0 Å². The number of nitrogens with zero attached hydrogens (tertiary/aromatic N) is 2. The van der Waals surface area contributed by atoms with E-state index in [-0.39, 0.29) is 21.8 Å². The van der Waals surface area contributed by atoms with Gasteiger partial charge >= 0.3 is 5.97 Å². The van der Waals surface area contributed by atoms with Gasteiger partial charge in [0.15, 0.2) is 5.13 Å². The highest BCUT2D eigenvalue weighted by Crippen LogP contribution is 2.23. The van der Waals surface area contributed by atoms with Crippen LogP contribution >= 0.6 is 11.3 Å². The van der Waals surface area contributed by atoms with Crippen molar-refractivity contribution in [3.05, 3.63) is 29.0 Å². The summed E-state index contributed by atoms with van der Waals surface area (Å²) in [6.45, 7) is 5.37. The van der Waals surface area contributed by atoms with E-state index in [2.05, 4.69) is 9.71 Å². The number of nitrogens with one attached hydrogen (secondary N) is 1. The number of hydrogen-bond donors (Lipinski definition) is 2. The Kier molecular flexibility index (Phi) is 4.06. The van der Waals surface area contributed by atoms with Crippen molar-refractivity contribution in [3.8, 4) is 0 Å². The molecule has 0 unspecified atom stereocenters. The maximum atomic E-state index is 12.3. The summed E-state index contributed by atoms with van der Waals surface area (Å²) in [7, 11) is -3.85. The molecule has 7 nitrogen and oxygen atoms in total. The van der Waals surface area contributed by atoms with Gasteiger partial charge in [0.2, 0.25) is 0 Å². The fourth-order valence-corrected chi connectivity index (χ4v) is 3.71. The van der Waals surface area contributed by atoms with Crippen LogP contribution in [0.25, 0.3) is 0 Å². The van der Waals surface area contributed by atoms with Gasteiger partial charge in [-0.1, -0.05) is 0 Å². The fourth-order valence-electron chi connectivity index (χ4n) is 1.78. The molecule has 21 heavy (non-hydrogen) atoms. The lowest BCUT2D eigenvalue weighted by Crippen LogP contribution is -2.12. The van der Waals surface area contributed by atoms with E-state index in [1.807, 2.05) is 6.92 Å². The van der Waals surface area contributed by atoms with E-state index in [0.717, 1.165) is 10.9 Å². The fraction of sp³-hybridized carbons (Fsp3) is 0.333. The topological polar surface area (TPSA) is 101 Å². The van der Waals surface area contributed by atoms with Crippen molar-refractivity contribution in [1.82, 2.24) is 9.55 Å². The summed E-state index contributed by atoms with van der Waals surface area (Å²) in [5.41, 5.74) is -0.0688. The predicted molar refractivity (Wildman–Crippen MR) is 79.4 cm³/mol. The normalized spacial score (nSPS) is 11.8. The molecule has 9 heteroatoms. The zero-order valence-corrected chi connectivity index (χ0v) is 13.3. The van der Waals surface area contributed by atoms with Gasteiger partial charge in [-0.05, 0) is 26.8 Å². The molecule has 0 bridgehead atoms. The Morgan fingerprint density at radius 2 is 2.14 bits per heavy atom. The molecular weight excluding hydrogens is 314 g/mol. The number of carbonyl (C=O) groups is 1. The van der Waals surface area contributed by atoms with Crippen molar-refractivity contribution < 1.29 is 18.3 Å².